The number of carbonyl (C=O) groups excluding carboxylic acids is 1. The number of amides is 1. The number of rotatable bonds is 4. The molecule has 0 aromatic carbocycles. The van der Waals surface area contributed by atoms with Crippen LogP contribution in [0.25, 0.3) is 0 Å². The summed E-state index contributed by atoms with van der Waals surface area (Å²) in [4.78, 5) is 25.6. The van der Waals surface area contributed by atoms with E-state index in [9.17, 15) is 14.7 Å². The number of nitrogens with zero attached hydrogens (tertiary/aromatic N) is 2. The van der Waals surface area contributed by atoms with E-state index in [1.165, 1.54) is 4.90 Å². The van der Waals surface area contributed by atoms with Crippen molar-refractivity contribution in [2.24, 2.45) is 5.92 Å². The molecule has 1 amide bonds. The van der Waals surface area contributed by atoms with Gasteiger partial charge in [0.2, 0.25) is 0 Å². The summed E-state index contributed by atoms with van der Waals surface area (Å²) in [6.45, 7) is 0. The van der Waals surface area contributed by atoms with E-state index in [0.717, 1.165) is 31.4 Å². The van der Waals surface area contributed by atoms with Gasteiger partial charge in [0, 0.05) is 17.7 Å². The predicted octanol–water partition coefficient (Wildman–Crippen LogP) is 1.93. The molecule has 0 bridgehead atoms. The SMILES string of the molecule is O=C(O)C1CSC(C2CC2)N1C(=O)c1cc(C2CC2)on1. The lowest BCUT2D eigenvalue weighted by molar-refractivity contribution is -0.141. The minimum atomic E-state index is -0.940. The number of carboxylic acid groups (broad SMARTS) is 1. The van der Waals surface area contributed by atoms with Crippen molar-refractivity contribution >= 4 is 23.6 Å². The van der Waals surface area contributed by atoms with Crippen LogP contribution in [0.2, 0.25) is 0 Å². The zero-order valence-corrected chi connectivity index (χ0v) is 12.2. The zero-order chi connectivity index (χ0) is 14.6. The van der Waals surface area contributed by atoms with E-state index in [2.05, 4.69) is 5.16 Å². The van der Waals surface area contributed by atoms with Crippen molar-refractivity contribution in [3.05, 3.63) is 17.5 Å². The summed E-state index contributed by atoms with van der Waals surface area (Å²) < 4.78 is 5.22. The molecule has 112 valence electrons. The van der Waals surface area contributed by atoms with Gasteiger partial charge in [0.05, 0.1) is 5.37 Å². The molecule has 1 aliphatic heterocycles. The molecule has 2 aliphatic carbocycles. The first-order chi connectivity index (χ1) is 10.1. The second-order valence-electron chi connectivity index (χ2n) is 6.02. The highest BCUT2D eigenvalue weighted by Gasteiger charge is 2.48. The maximum absolute atomic E-state index is 12.7. The van der Waals surface area contributed by atoms with Crippen molar-refractivity contribution in [2.75, 3.05) is 5.75 Å². The average Bonchev–Trinajstić information content (AvgIpc) is 3.40. The molecule has 0 spiro atoms. The van der Waals surface area contributed by atoms with Crippen LogP contribution in [-0.4, -0.2) is 44.2 Å². The van der Waals surface area contributed by atoms with Crippen molar-refractivity contribution in [3.63, 3.8) is 0 Å². The van der Waals surface area contributed by atoms with Crippen LogP contribution in [0.1, 0.15) is 47.8 Å². The Morgan fingerprint density at radius 1 is 1.33 bits per heavy atom. The summed E-state index contributed by atoms with van der Waals surface area (Å²) in [5, 5.41) is 13.2. The van der Waals surface area contributed by atoms with Gasteiger partial charge >= 0.3 is 5.97 Å². The Kier molecular flexibility index (Phi) is 2.99. The molecule has 3 aliphatic rings. The first-order valence-corrected chi connectivity index (χ1v) is 8.33. The number of aliphatic carboxylic acids is 1. The lowest BCUT2D eigenvalue weighted by Gasteiger charge is -2.26. The number of aromatic nitrogens is 1. The van der Waals surface area contributed by atoms with Crippen LogP contribution in [0, 0.1) is 5.92 Å². The van der Waals surface area contributed by atoms with Crippen LogP contribution in [0.4, 0.5) is 0 Å². The van der Waals surface area contributed by atoms with E-state index in [1.54, 1.807) is 17.8 Å². The maximum Gasteiger partial charge on any atom is 0.327 e. The fourth-order valence-corrected chi connectivity index (χ4v) is 4.43. The fourth-order valence-electron chi connectivity index (χ4n) is 2.80. The third kappa shape index (κ3) is 2.33. The first kappa shape index (κ1) is 13.2. The van der Waals surface area contributed by atoms with E-state index >= 15 is 0 Å². The monoisotopic (exact) mass is 308 g/mol. The second kappa shape index (κ2) is 4.76. The molecule has 2 heterocycles. The molecule has 1 aromatic heterocycles. The third-order valence-electron chi connectivity index (χ3n) is 4.31. The second-order valence-corrected chi connectivity index (χ2v) is 7.17. The summed E-state index contributed by atoms with van der Waals surface area (Å²) >= 11 is 1.57. The Bertz CT molecular complexity index is 594. The Hall–Kier alpha value is -1.50. The van der Waals surface area contributed by atoms with Gasteiger partial charge in [-0.2, -0.15) is 0 Å². The third-order valence-corrected chi connectivity index (χ3v) is 5.77. The number of thioether (sulfide) groups is 1. The van der Waals surface area contributed by atoms with Gasteiger partial charge in [-0.3, -0.25) is 4.79 Å². The molecule has 1 aromatic rings. The number of hydrogen-bond donors (Lipinski definition) is 1. The standard InChI is InChI=1S/C14H16N2O4S/c17-12(9-5-11(20-15-9)7-1-2-7)16-10(14(18)19)6-21-13(16)8-3-4-8/h5,7-8,10,13H,1-4,6H2,(H,18,19). The Balaban J connectivity index is 1.60. The summed E-state index contributed by atoms with van der Waals surface area (Å²) in [6, 6.07) is 0.931. The van der Waals surface area contributed by atoms with Gasteiger partial charge in [0.1, 0.15) is 11.8 Å². The van der Waals surface area contributed by atoms with Gasteiger partial charge in [-0.25, -0.2) is 4.79 Å². The van der Waals surface area contributed by atoms with Crippen molar-refractivity contribution in [3.8, 4) is 0 Å². The first-order valence-electron chi connectivity index (χ1n) is 7.29. The lowest BCUT2D eigenvalue weighted by atomic mass is 10.2. The van der Waals surface area contributed by atoms with Crippen molar-refractivity contribution in [1.82, 2.24) is 10.1 Å². The van der Waals surface area contributed by atoms with E-state index in [-0.39, 0.29) is 17.0 Å². The molecule has 21 heavy (non-hydrogen) atoms. The number of carbonyl (C=O) groups is 2. The van der Waals surface area contributed by atoms with Crippen LogP contribution >= 0.6 is 11.8 Å². The highest BCUT2D eigenvalue weighted by atomic mass is 32.2. The van der Waals surface area contributed by atoms with Crippen molar-refractivity contribution in [2.45, 2.75) is 43.0 Å². The highest BCUT2D eigenvalue weighted by Crippen LogP contribution is 2.46. The molecule has 2 unspecified atom stereocenters. The Morgan fingerprint density at radius 2 is 2.10 bits per heavy atom. The van der Waals surface area contributed by atoms with Gasteiger partial charge < -0.3 is 14.5 Å². The molecule has 3 fully saturated rings. The molecule has 2 saturated carbocycles. The quantitative estimate of drug-likeness (QED) is 0.915. The van der Waals surface area contributed by atoms with E-state index in [0.29, 0.717) is 17.6 Å². The van der Waals surface area contributed by atoms with E-state index in [4.69, 9.17) is 4.52 Å². The predicted molar refractivity (Wildman–Crippen MR) is 75.0 cm³/mol. The Labute approximate surface area is 125 Å². The van der Waals surface area contributed by atoms with Gasteiger partial charge in [-0.15, -0.1) is 11.8 Å². The topological polar surface area (TPSA) is 83.6 Å². The highest BCUT2D eigenvalue weighted by molar-refractivity contribution is 8.00. The number of carboxylic acids is 1. The molecular formula is C14H16N2O4S. The summed E-state index contributed by atoms with van der Waals surface area (Å²) in [7, 11) is 0. The Morgan fingerprint density at radius 3 is 2.71 bits per heavy atom. The smallest absolute Gasteiger partial charge is 0.327 e. The molecule has 1 saturated heterocycles. The van der Waals surface area contributed by atoms with E-state index in [1.807, 2.05) is 0 Å². The van der Waals surface area contributed by atoms with Crippen molar-refractivity contribution < 1.29 is 19.2 Å². The van der Waals surface area contributed by atoms with Gasteiger partial charge in [-0.1, -0.05) is 5.16 Å². The maximum atomic E-state index is 12.7. The van der Waals surface area contributed by atoms with Crippen LogP contribution < -0.4 is 0 Å². The number of hydrogen-bond acceptors (Lipinski definition) is 5. The molecule has 0 radical (unpaired) electrons. The van der Waals surface area contributed by atoms with Gasteiger partial charge in [0.15, 0.2) is 5.69 Å². The van der Waals surface area contributed by atoms with Gasteiger partial charge in [0.25, 0.3) is 5.91 Å². The summed E-state index contributed by atoms with van der Waals surface area (Å²) in [5.41, 5.74) is 0.247. The lowest BCUT2D eigenvalue weighted by Crippen LogP contribution is -2.46. The molecule has 2 atom stereocenters. The minimum absolute atomic E-state index is 0.0281. The van der Waals surface area contributed by atoms with Crippen LogP contribution in [0.15, 0.2) is 10.6 Å². The molecule has 4 rings (SSSR count). The van der Waals surface area contributed by atoms with Crippen LogP contribution in [0.3, 0.4) is 0 Å². The fraction of sp³-hybridized carbons (Fsp3) is 0.643. The molecule has 1 N–H and O–H groups in total. The molecule has 6 nitrogen and oxygen atoms in total. The summed E-state index contributed by atoms with van der Waals surface area (Å²) in [5.74, 6) is 0.778. The largest absolute Gasteiger partial charge is 0.480 e. The van der Waals surface area contributed by atoms with Crippen molar-refractivity contribution in [1.29, 1.82) is 0 Å². The average molecular weight is 308 g/mol. The normalized spacial score (nSPS) is 28.9. The minimum Gasteiger partial charge on any atom is -0.480 e. The van der Waals surface area contributed by atoms with Crippen LogP contribution in [-0.2, 0) is 4.79 Å². The van der Waals surface area contributed by atoms with Gasteiger partial charge in [-0.05, 0) is 31.6 Å². The molecule has 7 heteroatoms. The zero-order valence-electron chi connectivity index (χ0n) is 11.4. The van der Waals surface area contributed by atoms with Crippen LogP contribution in [0.5, 0.6) is 0 Å². The molecular weight excluding hydrogens is 292 g/mol. The van der Waals surface area contributed by atoms with E-state index < -0.39 is 12.0 Å². The summed E-state index contributed by atoms with van der Waals surface area (Å²) in [6.07, 6.45) is 4.29.